The van der Waals surface area contributed by atoms with E-state index in [1.54, 1.807) is 11.8 Å². The summed E-state index contributed by atoms with van der Waals surface area (Å²) in [6.07, 6.45) is 1.70. The lowest BCUT2D eigenvalue weighted by atomic mass is 10.1. The van der Waals surface area contributed by atoms with Gasteiger partial charge in [0, 0.05) is 23.5 Å². The lowest BCUT2D eigenvalue weighted by Crippen LogP contribution is -2.49. The Morgan fingerprint density at radius 3 is 2.45 bits per heavy atom. The molecule has 2 amide bonds. The van der Waals surface area contributed by atoms with Gasteiger partial charge >= 0.3 is 0 Å². The summed E-state index contributed by atoms with van der Waals surface area (Å²) in [4.78, 5) is 27.6. The van der Waals surface area contributed by atoms with E-state index in [9.17, 15) is 9.59 Å². The summed E-state index contributed by atoms with van der Waals surface area (Å²) >= 11 is 3.44. The highest BCUT2D eigenvalue weighted by molar-refractivity contribution is 9.10. The van der Waals surface area contributed by atoms with Crippen LogP contribution in [0.3, 0.4) is 0 Å². The maximum atomic E-state index is 13.2. The van der Waals surface area contributed by atoms with E-state index in [0.717, 1.165) is 27.8 Å². The third-order valence-electron chi connectivity index (χ3n) is 5.50. The smallest absolute Gasteiger partial charge is 0.242 e. The minimum absolute atomic E-state index is 0.0626. The van der Waals surface area contributed by atoms with Crippen LogP contribution in [0, 0.1) is 0 Å². The van der Waals surface area contributed by atoms with E-state index in [-0.39, 0.29) is 24.6 Å². The molecular weight excluding hydrogens is 460 g/mol. The van der Waals surface area contributed by atoms with E-state index in [1.807, 2.05) is 56.3 Å². The molecule has 31 heavy (non-hydrogen) atoms. The standard InChI is InChI=1S/C24H29BrN2O4/c1-4-16(2)26-24(29)17(3)27(14-19-5-9-20(25)10-6-19)23(28)12-8-18-7-11-21-22(13-18)31-15-30-21/h5-7,9-11,13,16-17H,4,8,12,14-15H2,1-3H3,(H,26,29)/t16-,17+/m1/s1. The van der Waals surface area contributed by atoms with Crippen LogP contribution >= 0.6 is 15.9 Å². The van der Waals surface area contributed by atoms with Gasteiger partial charge in [-0.05, 0) is 62.1 Å². The summed E-state index contributed by atoms with van der Waals surface area (Å²) in [6, 6.07) is 13.0. The van der Waals surface area contributed by atoms with Crippen LogP contribution in [0.1, 0.15) is 44.7 Å². The van der Waals surface area contributed by atoms with Crippen LogP contribution in [0.15, 0.2) is 46.9 Å². The van der Waals surface area contributed by atoms with Crippen LogP contribution in [-0.2, 0) is 22.6 Å². The maximum absolute atomic E-state index is 13.2. The Hall–Kier alpha value is -2.54. The van der Waals surface area contributed by atoms with Crippen LogP contribution in [0.5, 0.6) is 11.5 Å². The van der Waals surface area contributed by atoms with E-state index in [4.69, 9.17) is 9.47 Å². The molecule has 0 aliphatic carbocycles. The monoisotopic (exact) mass is 488 g/mol. The molecule has 1 aliphatic heterocycles. The van der Waals surface area contributed by atoms with Gasteiger partial charge in [0.15, 0.2) is 11.5 Å². The topological polar surface area (TPSA) is 67.9 Å². The average molecular weight is 489 g/mol. The normalized spacial score (nSPS) is 14.1. The fourth-order valence-corrected chi connectivity index (χ4v) is 3.59. The van der Waals surface area contributed by atoms with Crippen molar-refractivity contribution in [2.45, 2.75) is 58.7 Å². The van der Waals surface area contributed by atoms with Gasteiger partial charge in [-0.2, -0.15) is 0 Å². The van der Waals surface area contributed by atoms with E-state index >= 15 is 0 Å². The molecule has 1 N–H and O–H groups in total. The zero-order valence-corrected chi connectivity index (χ0v) is 19.8. The Bertz CT molecular complexity index is 916. The van der Waals surface area contributed by atoms with Gasteiger partial charge in [-0.25, -0.2) is 0 Å². The van der Waals surface area contributed by atoms with Crippen molar-refractivity contribution >= 4 is 27.7 Å². The lowest BCUT2D eigenvalue weighted by molar-refractivity contribution is -0.140. The molecule has 0 radical (unpaired) electrons. The molecule has 1 aliphatic rings. The van der Waals surface area contributed by atoms with Crippen molar-refractivity contribution in [2.75, 3.05) is 6.79 Å². The molecule has 2 aromatic rings. The number of carbonyl (C=O) groups is 2. The SMILES string of the molecule is CC[C@@H](C)NC(=O)[C@H](C)N(Cc1ccc(Br)cc1)C(=O)CCc1ccc2c(c1)OCO2. The molecule has 0 fully saturated rings. The fourth-order valence-electron chi connectivity index (χ4n) is 3.33. The van der Waals surface area contributed by atoms with Gasteiger partial charge in [0.25, 0.3) is 0 Å². The second-order valence-electron chi connectivity index (χ2n) is 7.83. The maximum Gasteiger partial charge on any atom is 0.242 e. The number of ether oxygens (including phenoxy) is 2. The van der Waals surface area contributed by atoms with Crippen LogP contribution in [0.2, 0.25) is 0 Å². The molecule has 0 saturated heterocycles. The van der Waals surface area contributed by atoms with Crippen LogP contribution < -0.4 is 14.8 Å². The van der Waals surface area contributed by atoms with Crippen molar-refractivity contribution in [1.29, 1.82) is 0 Å². The first-order valence-electron chi connectivity index (χ1n) is 10.6. The molecule has 2 aromatic carbocycles. The molecule has 0 bridgehead atoms. The lowest BCUT2D eigenvalue weighted by Gasteiger charge is -2.30. The minimum Gasteiger partial charge on any atom is -0.454 e. The van der Waals surface area contributed by atoms with Gasteiger partial charge in [0.2, 0.25) is 18.6 Å². The summed E-state index contributed by atoms with van der Waals surface area (Å²) in [5.74, 6) is 1.23. The predicted octanol–water partition coefficient (Wildman–Crippen LogP) is 4.44. The number of amides is 2. The number of nitrogens with one attached hydrogen (secondary N) is 1. The molecule has 7 heteroatoms. The van der Waals surface area contributed by atoms with Gasteiger partial charge in [-0.15, -0.1) is 0 Å². The second kappa shape index (κ2) is 10.7. The Kier molecular flexibility index (Phi) is 7.96. The molecule has 0 unspecified atom stereocenters. The molecular formula is C24H29BrN2O4. The number of halogens is 1. The van der Waals surface area contributed by atoms with E-state index in [2.05, 4.69) is 21.2 Å². The Morgan fingerprint density at radius 1 is 1.06 bits per heavy atom. The van der Waals surface area contributed by atoms with Gasteiger partial charge in [-0.1, -0.05) is 41.1 Å². The molecule has 166 valence electrons. The summed E-state index contributed by atoms with van der Waals surface area (Å²) in [7, 11) is 0. The van der Waals surface area contributed by atoms with Gasteiger partial charge in [0.1, 0.15) is 6.04 Å². The van der Waals surface area contributed by atoms with Crippen molar-refractivity contribution < 1.29 is 19.1 Å². The van der Waals surface area contributed by atoms with Crippen molar-refractivity contribution in [2.24, 2.45) is 0 Å². The summed E-state index contributed by atoms with van der Waals surface area (Å²) in [5.41, 5.74) is 1.97. The highest BCUT2D eigenvalue weighted by Crippen LogP contribution is 2.32. The summed E-state index contributed by atoms with van der Waals surface area (Å²) in [6.45, 7) is 6.37. The number of carbonyl (C=O) groups excluding carboxylic acids is 2. The quantitative estimate of drug-likeness (QED) is 0.566. The molecule has 2 atom stereocenters. The van der Waals surface area contributed by atoms with Crippen LogP contribution in [0.4, 0.5) is 0 Å². The predicted molar refractivity (Wildman–Crippen MR) is 123 cm³/mol. The number of hydrogen-bond acceptors (Lipinski definition) is 4. The van der Waals surface area contributed by atoms with Crippen LogP contribution in [0.25, 0.3) is 0 Å². The molecule has 0 aromatic heterocycles. The minimum atomic E-state index is -0.568. The zero-order valence-electron chi connectivity index (χ0n) is 18.2. The van der Waals surface area contributed by atoms with Gasteiger partial charge in [0.05, 0.1) is 0 Å². The van der Waals surface area contributed by atoms with E-state index < -0.39 is 6.04 Å². The largest absolute Gasteiger partial charge is 0.454 e. The Morgan fingerprint density at radius 2 is 1.74 bits per heavy atom. The fraction of sp³-hybridized carbons (Fsp3) is 0.417. The summed E-state index contributed by atoms with van der Waals surface area (Å²) < 4.78 is 11.7. The van der Waals surface area contributed by atoms with Crippen molar-refractivity contribution in [3.05, 3.63) is 58.1 Å². The molecule has 1 heterocycles. The molecule has 3 rings (SSSR count). The van der Waals surface area contributed by atoms with Crippen molar-refractivity contribution in [1.82, 2.24) is 10.2 Å². The van der Waals surface area contributed by atoms with E-state index in [1.165, 1.54) is 0 Å². The Labute approximate surface area is 192 Å². The number of nitrogens with zero attached hydrogens (tertiary/aromatic N) is 1. The third kappa shape index (κ3) is 6.23. The highest BCUT2D eigenvalue weighted by Gasteiger charge is 2.26. The third-order valence-corrected chi connectivity index (χ3v) is 6.03. The number of benzene rings is 2. The van der Waals surface area contributed by atoms with Crippen molar-refractivity contribution in [3.8, 4) is 11.5 Å². The molecule has 0 saturated carbocycles. The molecule has 6 nitrogen and oxygen atoms in total. The summed E-state index contributed by atoms with van der Waals surface area (Å²) in [5, 5.41) is 2.99. The number of hydrogen-bond donors (Lipinski definition) is 1. The average Bonchev–Trinajstić information content (AvgIpc) is 3.24. The zero-order chi connectivity index (χ0) is 22.4. The van der Waals surface area contributed by atoms with Gasteiger partial charge < -0.3 is 19.7 Å². The van der Waals surface area contributed by atoms with E-state index in [0.29, 0.717) is 25.1 Å². The number of rotatable bonds is 9. The highest BCUT2D eigenvalue weighted by atomic mass is 79.9. The Balaban J connectivity index is 1.71. The first kappa shape index (κ1) is 23.1. The first-order valence-corrected chi connectivity index (χ1v) is 11.4. The number of aryl methyl sites for hydroxylation is 1. The first-order chi connectivity index (χ1) is 14.9. The number of fused-ring (bicyclic) bond motifs is 1. The molecule has 0 spiro atoms. The van der Waals surface area contributed by atoms with Gasteiger partial charge in [-0.3, -0.25) is 9.59 Å². The van der Waals surface area contributed by atoms with Crippen LogP contribution in [-0.4, -0.2) is 35.6 Å². The van der Waals surface area contributed by atoms with Crippen molar-refractivity contribution in [3.63, 3.8) is 0 Å². The second-order valence-corrected chi connectivity index (χ2v) is 8.75.